The van der Waals surface area contributed by atoms with Gasteiger partial charge in [-0.25, -0.2) is 9.97 Å². The molecule has 1 aliphatic rings. The number of allylic oxidation sites excluding steroid dienone is 2. The number of nitrogens with zero attached hydrogens (tertiary/aromatic N) is 7. The average molecular weight is 656 g/mol. The third-order valence-electron chi connectivity index (χ3n) is 9.57. The van der Waals surface area contributed by atoms with Crippen molar-refractivity contribution >= 4 is 44.9 Å². The minimum Gasteiger partial charge on any atom is -0.309 e. The van der Waals surface area contributed by atoms with E-state index >= 15 is 0 Å². The third kappa shape index (κ3) is 4.86. The van der Waals surface area contributed by atoms with Crippen LogP contribution < -0.4 is 0 Å². The summed E-state index contributed by atoms with van der Waals surface area (Å²) in [4.78, 5) is 23.9. The van der Waals surface area contributed by atoms with Gasteiger partial charge in [-0.05, 0) is 90.4 Å². The number of hydrogen-bond donors (Lipinski definition) is 0. The molecule has 9 aromatic rings. The zero-order chi connectivity index (χ0) is 33.7. The molecule has 0 aliphatic heterocycles. The van der Waals surface area contributed by atoms with Crippen molar-refractivity contribution in [3.63, 3.8) is 0 Å². The van der Waals surface area contributed by atoms with Gasteiger partial charge in [-0.1, -0.05) is 60.7 Å². The lowest BCUT2D eigenvalue weighted by atomic mass is 10.0. The van der Waals surface area contributed by atoms with Crippen LogP contribution in [-0.2, 0) is 0 Å². The number of fused-ring (bicyclic) bond motifs is 6. The Balaban J connectivity index is 1.15. The lowest BCUT2D eigenvalue weighted by Crippen LogP contribution is -2.00. The molecule has 0 saturated carbocycles. The van der Waals surface area contributed by atoms with Gasteiger partial charge in [0, 0.05) is 58.4 Å². The van der Waals surface area contributed by atoms with E-state index in [1.165, 1.54) is 5.56 Å². The van der Waals surface area contributed by atoms with Gasteiger partial charge in [0.2, 0.25) is 0 Å². The number of aromatic nitrogens is 7. The first-order chi connectivity index (χ1) is 25.3. The molecule has 0 atom stereocenters. The van der Waals surface area contributed by atoms with E-state index in [-0.39, 0.29) is 0 Å². The molecule has 0 amide bonds. The highest BCUT2D eigenvalue weighted by molar-refractivity contribution is 6.08. The minimum absolute atomic E-state index is 0.766. The van der Waals surface area contributed by atoms with Gasteiger partial charge in [0.05, 0.1) is 45.0 Å². The van der Waals surface area contributed by atoms with Crippen LogP contribution in [0.2, 0.25) is 0 Å². The van der Waals surface area contributed by atoms with Crippen molar-refractivity contribution < 1.29 is 0 Å². The van der Waals surface area contributed by atoms with Crippen molar-refractivity contribution in [1.29, 1.82) is 0 Å². The summed E-state index contributed by atoms with van der Waals surface area (Å²) in [5, 5.41) is 3.36. The monoisotopic (exact) mass is 655 g/mol. The second kappa shape index (κ2) is 11.9. The molecule has 1 aliphatic carbocycles. The SMILES string of the molecule is C1=Cc2c(n(-c3cccc(-c4cc(-c5ccccn5)nc(-c5cccc(-n6c7ccccc7c7cnccc76)n5)c4)c3)c3ccncc23)C=CC1. The quantitative estimate of drug-likeness (QED) is 0.185. The Morgan fingerprint density at radius 2 is 1.24 bits per heavy atom. The van der Waals surface area contributed by atoms with Crippen LogP contribution in [0.5, 0.6) is 0 Å². The Morgan fingerprint density at radius 1 is 0.490 bits per heavy atom. The van der Waals surface area contributed by atoms with Crippen LogP contribution >= 0.6 is 0 Å². The van der Waals surface area contributed by atoms with E-state index in [4.69, 9.17) is 9.97 Å². The molecular formula is C44H29N7. The van der Waals surface area contributed by atoms with Gasteiger partial charge in [0.15, 0.2) is 0 Å². The maximum atomic E-state index is 5.24. The van der Waals surface area contributed by atoms with Crippen LogP contribution in [0.1, 0.15) is 17.7 Å². The van der Waals surface area contributed by atoms with Crippen molar-refractivity contribution in [3.05, 3.63) is 164 Å². The molecule has 7 heterocycles. The fourth-order valence-corrected chi connectivity index (χ4v) is 7.29. The largest absolute Gasteiger partial charge is 0.309 e. The van der Waals surface area contributed by atoms with E-state index in [0.29, 0.717) is 0 Å². The summed E-state index contributed by atoms with van der Waals surface area (Å²) in [5.74, 6) is 0.815. The van der Waals surface area contributed by atoms with Gasteiger partial charge >= 0.3 is 0 Å². The summed E-state index contributed by atoms with van der Waals surface area (Å²) in [6, 6.07) is 37.5. The minimum atomic E-state index is 0.766. The Labute approximate surface area is 293 Å². The molecule has 0 fully saturated rings. The lowest BCUT2D eigenvalue weighted by Gasteiger charge is -2.14. The summed E-state index contributed by atoms with van der Waals surface area (Å²) >= 11 is 0. The molecule has 240 valence electrons. The average Bonchev–Trinajstić information content (AvgIpc) is 3.58. The number of benzene rings is 2. The highest BCUT2D eigenvalue weighted by Crippen LogP contribution is 2.36. The molecule has 0 radical (unpaired) electrons. The molecule has 10 rings (SSSR count). The Bertz CT molecular complexity index is 2790. The van der Waals surface area contributed by atoms with Gasteiger partial charge in [0.1, 0.15) is 5.82 Å². The first-order valence-electron chi connectivity index (χ1n) is 17.0. The van der Waals surface area contributed by atoms with Crippen LogP contribution in [0.3, 0.4) is 0 Å². The van der Waals surface area contributed by atoms with Crippen LogP contribution in [0.15, 0.2) is 152 Å². The van der Waals surface area contributed by atoms with E-state index in [0.717, 1.165) is 90.2 Å². The zero-order valence-electron chi connectivity index (χ0n) is 27.4. The summed E-state index contributed by atoms with van der Waals surface area (Å²) < 4.78 is 4.53. The fraction of sp³-hybridized carbons (Fsp3) is 0.0227. The summed E-state index contributed by atoms with van der Waals surface area (Å²) in [7, 11) is 0. The van der Waals surface area contributed by atoms with Crippen molar-refractivity contribution in [1.82, 2.24) is 34.1 Å². The van der Waals surface area contributed by atoms with Crippen molar-refractivity contribution in [2.75, 3.05) is 0 Å². The fourth-order valence-electron chi connectivity index (χ4n) is 7.29. The molecule has 0 unspecified atom stereocenters. The predicted octanol–water partition coefficient (Wildman–Crippen LogP) is 10.1. The molecule has 51 heavy (non-hydrogen) atoms. The molecule has 0 spiro atoms. The Hall–Kier alpha value is -6.99. The van der Waals surface area contributed by atoms with E-state index < -0.39 is 0 Å². The van der Waals surface area contributed by atoms with Crippen molar-refractivity contribution in [2.45, 2.75) is 6.42 Å². The van der Waals surface area contributed by atoms with E-state index in [1.807, 2.05) is 61.2 Å². The maximum Gasteiger partial charge on any atom is 0.138 e. The zero-order valence-corrected chi connectivity index (χ0v) is 27.4. The smallest absolute Gasteiger partial charge is 0.138 e. The van der Waals surface area contributed by atoms with Gasteiger partial charge in [0.25, 0.3) is 0 Å². The highest BCUT2D eigenvalue weighted by atomic mass is 15.1. The summed E-state index contributed by atoms with van der Waals surface area (Å²) in [6.07, 6.45) is 19.1. The van der Waals surface area contributed by atoms with E-state index in [2.05, 4.69) is 121 Å². The number of hydrogen-bond acceptors (Lipinski definition) is 5. The molecule has 7 heteroatoms. The van der Waals surface area contributed by atoms with Crippen LogP contribution in [0, 0.1) is 0 Å². The lowest BCUT2D eigenvalue weighted by molar-refractivity contribution is 1.07. The van der Waals surface area contributed by atoms with Crippen LogP contribution in [0.4, 0.5) is 0 Å². The molecule has 7 aromatic heterocycles. The maximum absolute atomic E-state index is 5.24. The first kappa shape index (κ1) is 29.0. The van der Waals surface area contributed by atoms with Crippen LogP contribution in [-0.4, -0.2) is 34.1 Å². The Kier molecular flexibility index (Phi) is 6.74. The van der Waals surface area contributed by atoms with Crippen molar-refractivity contribution in [2.24, 2.45) is 0 Å². The van der Waals surface area contributed by atoms with Crippen LogP contribution in [0.25, 0.3) is 90.3 Å². The van der Waals surface area contributed by atoms with E-state index in [1.54, 1.807) is 6.20 Å². The molecule has 0 N–H and O–H groups in total. The standard InChI is InChI=1S/C44H29N7/c1-2-12-32-34-27-45-22-19-42(34)50(40(32)16-3-1)31-11-8-10-29(24-31)30-25-38(36-14-6-7-21-47-36)48-39(26-30)37-15-9-18-44(49-37)51-41-17-5-4-13-33(41)35-28-46-23-20-43(35)51/h2-28H,1H2. The third-order valence-corrected chi connectivity index (χ3v) is 9.57. The topological polar surface area (TPSA) is 74.3 Å². The highest BCUT2D eigenvalue weighted by Gasteiger charge is 2.18. The second-order valence-electron chi connectivity index (χ2n) is 12.6. The first-order valence-corrected chi connectivity index (χ1v) is 17.0. The number of rotatable bonds is 5. The van der Waals surface area contributed by atoms with Gasteiger partial charge < -0.3 is 4.57 Å². The van der Waals surface area contributed by atoms with E-state index in [9.17, 15) is 0 Å². The molecule has 0 bridgehead atoms. The molecule has 7 nitrogen and oxygen atoms in total. The van der Waals surface area contributed by atoms with Crippen molar-refractivity contribution in [3.8, 4) is 45.4 Å². The van der Waals surface area contributed by atoms with Gasteiger partial charge in [-0.3, -0.25) is 19.5 Å². The molecule has 0 saturated heterocycles. The predicted molar refractivity (Wildman–Crippen MR) is 206 cm³/mol. The number of pyridine rings is 5. The number of para-hydroxylation sites is 1. The summed E-state index contributed by atoms with van der Waals surface area (Å²) in [6.45, 7) is 0. The molecular weight excluding hydrogens is 627 g/mol. The summed E-state index contributed by atoms with van der Waals surface area (Å²) in [5.41, 5.74) is 11.9. The second-order valence-corrected chi connectivity index (χ2v) is 12.6. The Morgan fingerprint density at radius 3 is 2.12 bits per heavy atom. The van der Waals surface area contributed by atoms with Gasteiger partial charge in [-0.15, -0.1) is 0 Å². The van der Waals surface area contributed by atoms with Gasteiger partial charge in [-0.2, -0.15) is 0 Å². The normalized spacial score (nSPS) is 12.5. The molecule has 2 aromatic carbocycles.